The Morgan fingerprint density at radius 3 is 2.54 bits per heavy atom. The van der Waals surface area contributed by atoms with E-state index in [1.165, 1.54) is 11.3 Å². The molecule has 1 heterocycles. The van der Waals surface area contributed by atoms with E-state index in [4.69, 9.17) is 23.8 Å². The first kappa shape index (κ1) is 18.8. The number of nitrogens with zero attached hydrogens (tertiary/aromatic N) is 1. The molecule has 0 bridgehead atoms. The third kappa shape index (κ3) is 4.23. The van der Waals surface area contributed by atoms with Gasteiger partial charge in [-0.15, -0.1) is 11.3 Å². The molecule has 0 atom stereocenters. The second kappa shape index (κ2) is 8.62. The summed E-state index contributed by atoms with van der Waals surface area (Å²) in [6.45, 7) is 3.52. The van der Waals surface area contributed by atoms with Crippen LogP contribution in [0.2, 0.25) is 5.02 Å². The number of thiocarbonyl (C=S) groups is 1. The SMILES string of the molecule is CCCN(Cc1ccccc1)C(=S)NC(=O)c1sc2ccccc2c1Cl. The summed E-state index contributed by atoms with van der Waals surface area (Å²) in [7, 11) is 0. The molecule has 1 aromatic heterocycles. The summed E-state index contributed by atoms with van der Waals surface area (Å²) in [6.07, 6.45) is 0.937. The van der Waals surface area contributed by atoms with Gasteiger partial charge in [0.15, 0.2) is 5.11 Å². The van der Waals surface area contributed by atoms with E-state index in [1.54, 1.807) is 0 Å². The van der Waals surface area contributed by atoms with E-state index in [2.05, 4.69) is 24.4 Å². The van der Waals surface area contributed by atoms with Crippen LogP contribution in [0.5, 0.6) is 0 Å². The lowest BCUT2D eigenvalue weighted by Crippen LogP contribution is -2.42. The Bertz CT molecular complexity index is 924. The average Bonchev–Trinajstić information content (AvgIpc) is 2.99. The normalized spacial score (nSPS) is 10.7. The minimum atomic E-state index is -0.254. The molecular formula is C20H19ClN2OS2. The third-order valence-electron chi connectivity index (χ3n) is 3.96. The summed E-state index contributed by atoms with van der Waals surface area (Å²) < 4.78 is 0.989. The average molecular weight is 403 g/mol. The second-order valence-corrected chi connectivity index (χ2v) is 7.72. The first-order chi connectivity index (χ1) is 12.6. The Balaban J connectivity index is 1.75. The topological polar surface area (TPSA) is 32.3 Å². The van der Waals surface area contributed by atoms with E-state index in [0.717, 1.165) is 28.6 Å². The van der Waals surface area contributed by atoms with Gasteiger partial charge in [0.25, 0.3) is 5.91 Å². The minimum Gasteiger partial charge on any atom is -0.345 e. The molecule has 3 aromatic rings. The molecule has 0 saturated carbocycles. The molecule has 0 aliphatic rings. The van der Waals surface area contributed by atoms with E-state index < -0.39 is 0 Å². The molecule has 0 saturated heterocycles. The zero-order valence-corrected chi connectivity index (χ0v) is 16.8. The van der Waals surface area contributed by atoms with Crippen molar-refractivity contribution < 1.29 is 4.79 Å². The van der Waals surface area contributed by atoms with Crippen LogP contribution >= 0.6 is 35.2 Å². The lowest BCUT2D eigenvalue weighted by Gasteiger charge is -2.25. The number of benzene rings is 2. The third-order valence-corrected chi connectivity index (χ3v) is 5.99. The number of carbonyl (C=O) groups excluding carboxylic acids is 1. The maximum atomic E-state index is 12.7. The van der Waals surface area contributed by atoms with Crippen LogP contribution in [0.1, 0.15) is 28.6 Å². The van der Waals surface area contributed by atoms with Crippen LogP contribution in [0.3, 0.4) is 0 Å². The van der Waals surface area contributed by atoms with Crippen LogP contribution in [-0.2, 0) is 6.54 Å². The molecule has 26 heavy (non-hydrogen) atoms. The van der Waals surface area contributed by atoms with Gasteiger partial charge in [-0.25, -0.2) is 0 Å². The Hall–Kier alpha value is -1.95. The summed E-state index contributed by atoms with van der Waals surface area (Å²) in [6, 6.07) is 17.8. The van der Waals surface area contributed by atoms with Gasteiger partial charge in [-0.05, 0) is 30.3 Å². The molecule has 3 nitrogen and oxygen atoms in total. The number of carbonyl (C=O) groups is 1. The second-order valence-electron chi connectivity index (χ2n) is 5.91. The first-order valence-corrected chi connectivity index (χ1v) is 10.0. The van der Waals surface area contributed by atoms with Crippen molar-refractivity contribution in [3.8, 4) is 0 Å². The van der Waals surface area contributed by atoms with Crippen LogP contribution in [0, 0.1) is 0 Å². The van der Waals surface area contributed by atoms with E-state index >= 15 is 0 Å². The van der Waals surface area contributed by atoms with Gasteiger partial charge in [0, 0.05) is 23.2 Å². The largest absolute Gasteiger partial charge is 0.345 e. The van der Waals surface area contributed by atoms with Gasteiger partial charge < -0.3 is 4.90 Å². The highest BCUT2D eigenvalue weighted by Crippen LogP contribution is 2.35. The van der Waals surface area contributed by atoms with Crippen molar-refractivity contribution in [1.29, 1.82) is 0 Å². The molecule has 0 aliphatic heterocycles. The fourth-order valence-electron chi connectivity index (χ4n) is 2.72. The molecule has 2 aromatic carbocycles. The molecule has 0 spiro atoms. The van der Waals surface area contributed by atoms with E-state index in [0.29, 0.717) is 21.6 Å². The van der Waals surface area contributed by atoms with Crippen molar-refractivity contribution in [2.75, 3.05) is 6.54 Å². The highest BCUT2D eigenvalue weighted by atomic mass is 35.5. The van der Waals surface area contributed by atoms with Crippen molar-refractivity contribution in [3.05, 3.63) is 70.1 Å². The summed E-state index contributed by atoms with van der Waals surface area (Å²) in [5.41, 5.74) is 1.15. The predicted molar refractivity (Wildman–Crippen MR) is 114 cm³/mol. The van der Waals surface area contributed by atoms with Gasteiger partial charge in [-0.3, -0.25) is 10.1 Å². The number of nitrogens with one attached hydrogen (secondary N) is 1. The molecular weight excluding hydrogens is 384 g/mol. The Kier molecular flexibility index (Phi) is 6.25. The maximum Gasteiger partial charge on any atom is 0.269 e. The Morgan fingerprint density at radius 2 is 1.85 bits per heavy atom. The van der Waals surface area contributed by atoms with E-state index in [1.807, 2.05) is 47.4 Å². The molecule has 0 unspecified atom stereocenters. The van der Waals surface area contributed by atoms with Crippen molar-refractivity contribution in [1.82, 2.24) is 10.2 Å². The van der Waals surface area contributed by atoms with Crippen molar-refractivity contribution in [2.24, 2.45) is 0 Å². The molecule has 0 aliphatic carbocycles. The summed E-state index contributed by atoms with van der Waals surface area (Å²) in [5, 5.41) is 4.65. The highest BCUT2D eigenvalue weighted by molar-refractivity contribution is 7.80. The molecule has 6 heteroatoms. The van der Waals surface area contributed by atoms with E-state index in [-0.39, 0.29) is 5.91 Å². The fraction of sp³-hybridized carbons (Fsp3) is 0.200. The summed E-state index contributed by atoms with van der Waals surface area (Å²) in [4.78, 5) is 15.2. The van der Waals surface area contributed by atoms with Crippen LogP contribution in [-0.4, -0.2) is 22.5 Å². The number of hydrogen-bond donors (Lipinski definition) is 1. The lowest BCUT2D eigenvalue weighted by molar-refractivity contribution is 0.0977. The summed E-state index contributed by atoms with van der Waals surface area (Å²) in [5.74, 6) is -0.254. The van der Waals surface area contributed by atoms with Crippen LogP contribution in [0.4, 0.5) is 0 Å². The van der Waals surface area contributed by atoms with Crippen molar-refractivity contribution >= 4 is 56.3 Å². The van der Waals surface area contributed by atoms with Gasteiger partial charge in [-0.1, -0.05) is 67.1 Å². The van der Waals surface area contributed by atoms with Gasteiger partial charge in [0.2, 0.25) is 0 Å². The van der Waals surface area contributed by atoms with E-state index in [9.17, 15) is 4.79 Å². The van der Waals surface area contributed by atoms with Crippen LogP contribution < -0.4 is 5.32 Å². The van der Waals surface area contributed by atoms with Gasteiger partial charge in [-0.2, -0.15) is 0 Å². The fourth-order valence-corrected chi connectivity index (χ4v) is 4.38. The standard InChI is InChI=1S/C20H19ClN2OS2/c1-2-12-23(13-14-8-4-3-5-9-14)20(25)22-19(24)18-17(21)15-10-6-7-11-16(15)26-18/h3-11H,2,12-13H2,1H3,(H,22,24,25). The smallest absolute Gasteiger partial charge is 0.269 e. The van der Waals surface area contributed by atoms with Crippen LogP contribution in [0.25, 0.3) is 10.1 Å². The van der Waals surface area contributed by atoms with Crippen LogP contribution in [0.15, 0.2) is 54.6 Å². The Morgan fingerprint density at radius 1 is 1.15 bits per heavy atom. The lowest BCUT2D eigenvalue weighted by atomic mass is 10.2. The number of hydrogen-bond acceptors (Lipinski definition) is 3. The Labute approximate surface area is 167 Å². The first-order valence-electron chi connectivity index (χ1n) is 8.41. The molecule has 134 valence electrons. The number of rotatable bonds is 5. The molecule has 0 fully saturated rings. The van der Waals surface area contributed by atoms with Crippen molar-refractivity contribution in [2.45, 2.75) is 19.9 Å². The predicted octanol–water partition coefficient (Wildman–Crippen LogP) is 5.48. The molecule has 1 amide bonds. The zero-order chi connectivity index (χ0) is 18.5. The zero-order valence-electron chi connectivity index (χ0n) is 14.4. The number of thiophene rings is 1. The van der Waals surface area contributed by atoms with Gasteiger partial charge in [0.1, 0.15) is 4.88 Å². The highest BCUT2D eigenvalue weighted by Gasteiger charge is 2.19. The monoisotopic (exact) mass is 402 g/mol. The number of amides is 1. The quantitative estimate of drug-likeness (QED) is 0.573. The van der Waals surface area contributed by atoms with Gasteiger partial charge >= 0.3 is 0 Å². The minimum absolute atomic E-state index is 0.254. The maximum absolute atomic E-state index is 12.7. The number of fused-ring (bicyclic) bond motifs is 1. The molecule has 3 rings (SSSR count). The summed E-state index contributed by atoms with van der Waals surface area (Å²) >= 11 is 13.3. The van der Waals surface area contributed by atoms with Crippen molar-refractivity contribution in [3.63, 3.8) is 0 Å². The number of halogens is 1. The molecule has 1 N–H and O–H groups in total. The molecule has 0 radical (unpaired) electrons. The van der Waals surface area contributed by atoms with Gasteiger partial charge in [0.05, 0.1) is 5.02 Å².